The van der Waals surface area contributed by atoms with Gasteiger partial charge >= 0.3 is 0 Å². The van der Waals surface area contributed by atoms with Gasteiger partial charge in [-0.3, -0.25) is 4.79 Å². The predicted molar refractivity (Wildman–Crippen MR) is 106 cm³/mol. The summed E-state index contributed by atoms with van der Waals surface area (Å²) in [7, 11) is 1.68. The average Bonchev–Trinajstić information content (AvgIpc) is 3.01. The molecule has 144 valence electrons. The van der Waals surface area contributed by atoms with E-state index in [1.54, 1.807) is 25.4 Å². The lowest BCUT2D eigenvalue weighted by molar-refractivity contribution is -0.125. The Morgan fingerprint density at radius 3 is 3.11 bits per heavy atom. The Hall–Kier alpha value is -3.03. The first-order valence-corrected chi connectivity index (χ1v) is 9.05. The number of para-hydroxylation sites is 1. The third-order valence-corrected chi connectivity index (χ3v) is 4.77. The molecule has 0 spiro atoms. The fraction of sp³-hybridized carbons (Fsp3) is 0.200. The number of hydrogen-bond acceptors (Lipinski definition) is 6. The summed E-state index contributed by atoms with van der Waals surface area (Å²) in [4.78, 5) is 18.1. The number of carbonyl (C=O) groups excluding carboxylic acids is 1. The van der Waals surface area contributed by atoms with Crippen molar-refractivity contribution in [2.45, 2.75) is 12.8 Å². The monoisotopic (exact) mass is 399 g/mol. The van der Waals surface area contributed by atoms with Crippen LogP contribution in [0, 0.1) is 0 Å². The Labute approximate surface area is 166 Å². The normalized spacial score (nSPS) is 15.9. The zero-order valence-electron chi connectivity index (χ0n) is 15.1. The molecular weight excluding hydrogens is 382 g/mol. The van der Waals surface area contributed by atoms with Crippen molar-refractivity contribution >= 4 is 40.4 Å². The number of amides is 1. The second-order valence-corrected chi connectivity index (χ2v) is 6.83. The Bertz CT molecular complexity index is 1060. The molecule has 1 amide bonds. The molecule has 0 saturated heterocycles. The number of rotatable bonds is 4. The summed E-state index contributed by atoms with van der Waals surface area (Å²) in [5.41, 5.74) is 1.40. The standard InChI is InChI=1S/C20H18ClN3O4/c1-24(10-16-19(21)13-4-2-3-5-14(13)28-16)18(26)7-6-12-8-15-20(22-9-12)23-17(25)11-27-15/h2-9,17,25H,10-11H2,1H3,(H,22,23)/b7-6+. The Kier molecular flexibility index (Phi) is 4.93. The summed E-state index contributed by atoms with van der Waals surface area (Å²) in [6.07, 6.45) is 3.92. The van der Waals surface area contributed by atoms with E-state index in [9.17, 15) is 9.90 Å². The number of aliphatic hydroxyl groups excluding tert-OH is 1. The van der Waals surface area contributed by atoms with Crippen LogP contribution in [0.2, 0.25) is 5.02 Å². The molecule has 1 aromatic carbocycles. The third-order valence-electron chi connectivity index (χ3n) is 4.35. The van der Waals surface area contributed by atoms with Crippen molar-refractivity contribution in [3.63, 3.8) is 0 Å². The van der Waals surface area contributed by atoms with Crippen molar-refractivity contribution in [2.24, 2.45) is 0 Å². The van der Waals surface area contributed by atoms with Gasteiger partial charge in [0.25, 0.3) is 0 Å². The first kappa shape index (κ1) is 18.3. The van der Waals surface area contributed by atoms with Gasteiger partial charge in [-0.1, -0.05) is 23.7 Å². The summed E-state index contributed by atoms with van der Waals surface area (Å²) in [6, 6.07) is 9.23. The summed E-state index contributed by atoms with van der Waals surface area (Å²) < 4.78 is 11.2. The number of nitrogens with zero attached hydrogens (tertiary/aromatic N) is 2. The Morgan fingerprint density at radius 2 is 2.29 bits per heavy atom. The van der Waals surface area contributed by atoms with Gasteiger partial charge in [-0.05, 0) is 29.8 Å². The van der Waals surface area contributed by atoms with Crippen LogP contribution in [0.4, 0.5) is 5.82 Å². The first-order valence-electron chi connectivity index (χ1n) is 8.68. The third kappa shape index (κ3) is 3.67. The summed E-state index contributed by atoms with van der Waals surface area (Å²) in [6.45, 7) is 0.395. The molecule has 28 heavy (non-hydrogen) atoms. The second kappa shape index (κ2) is 7.53. The minimum absolute atomic E-state index is 0.141. The maximum atomic E-state index is 12.4. The largest absolute Gasteiger partial charge is 0.485 e. The highest BCUT2D eigenvalue weighted by atomic mass is 35.5. The number of ether oxygens (including phenoxy) is 1. The zero-order chi connectivity index (χ0) is 19.7. The highest BCUT2D eigenvalue weighted by molar-refractivity contribution is 6.36. The quantitative estimate of drug-likeness (QED) is 0.654. The smallest absolute Gasteiger partial charge is 0.246 e. The van der Waals surface area contributed by atoms with Crippen LogP contribution in [0.3, 0.4) is 0 Å². The SMILES string of the molecule is CN(Cc1oc2ccccc2c1Cl)C(=O)/C=C/c1cnc2c(c1)OCC(O)N2. The van der Waals surface area contributed by atoms with E-state index in [4.69, 9.17) is 20.8 Å². The number of hydrogen-bond donors (Lipinski definition) is 2. The molecule has 2 aromatic heterocycles. The highest BCUT2D eigenvalue weighted by Gasteiger charge is 2.18. The van der Waals surface area contributed by atoms with Crippen molar-refractivity contribution < 1.29 is 19.1 Å². The van der Waals surface area contributed by atoms with Gasteiger partial charge in [0.1, 0.15) is 18.0 Å². The van der Waals surface area contributed by atoms with Crippen LogP contribution in [0.25, 0.3) is 17.0 Å². The molecule has 7 nitrogen and oxygen atoms in total. The van der Waals surface area contributed by atoms with Crippen molar-refractivity contribution in [2.75, 3.05) is 19.0 Å². The molecule has 0 fully saturated rings. The second-order valence-electron chi connectivity index (χ2n) is 6.45. The van der Waals surface area contributed by atoms with Gasteiger partial charge in [-0.15, -0.1) is 0 Å². The fourth-order valence-electron chi connectivity index (χ4n) is 2.89. The molecule has 3 aromatic rings. The van der Waals surface area contributed by atoms with E-state index >= 15 is 0 Å². The number of benzene rings is 1. The van der Waals surface area contributed by atoms with Crippen LogP contribution < -0.4 is 10.1 Å². The van der Waals surface area contributed by atoms with Gasteiger partial charge in [-0.25, -0.2) is 4.98 Å². The molecule has 1 atom stereocenters. The lowest BCUT2D eigenvalue weighted by Gasteiger charge is -2.22. The number of fused-ring (bicyclic) bond motifs is 2. The zero-order valence-corrected chi connectivity index (χ0v) is 15.8. The van der Waals surface area contributed by atoms with Gasteiger partial charge in [0.05, 0.1) is 11.6 Å². The topological polar surface area (TPSA) is 87.8 Å². The average molecular weight is 400 g/mol. The first-order chi connectivity index (χ1) is 13.5. The lowest BCUT2D eigenvalue weighted by Crippen LogP contribution is -2.31. The fourth-order valence-corrected chi connectivity index (χ4v) is 3.15. The van der Waals surface area contributed by atoms with E-state index in [0.717, 1.165) is 5.39 Å². The number of halogens is 1. The van der Waals surface area contributed by atoms with Gasteiger partial charge in [0.2, 0.25) is 5.91 Å². The van der Waals surface area contributed by atoms with Crippen molar-refractivity contribution in [3.8, 4) is 5.75 Å². The van der Waals surface area contributed by atoms with Crippen LogP contribution in [0.5, 0.6) is 5.75 Å². The number of anilines is 1. The lowest BCUT2D eigenvalue weighted by atomic mass is 10.2. The predicted octanol–water partition coefficient (Wildman–Crippen LogP) is 3.28. The molecule has 8 heteroatoms. The van der Waals surface area contributed by atoms with E-state index in [0.29, 0.717) is 33.5 Å². The van der Waals surface area contributed by atoms with Gasteiger partial charge in [0.15, 0.2) is 17.8 Å². The summed E-state index contributed by atoms with van der Waals surface area (Å²) in [5.74, 6) is 1.34. The van der Waals surface area contributed by atoms with E-state index in [1.807, 2.05) is 24.3 Å². The highest BCUT2D eigenvalue weighted by Crippen LogP contribution is 2.31. The van der Waals surface area contributed by atoms with Gasteiger partial charge < -0.3 is 24.5 Å². The summed E-state index contributed by atoms with van der Waals surface area (Å²) >= 11 is 6.36. The van der Waals surface area contributed by atoms with Crippen LogP contribution in [0.15, 0.2) is 47.0 Å². The van der Waals surface area contributed by atoms with Gasteiger partial charge in [0, 0.05) is 24.7 Å². The number of aromatic nitrogens is 1. The van der Waals surface area contributed by atoms with E-state index in [2.05, 4.69) is 10.3 Å². The van der Waals surface area contributed by atoms with Crippen LogP contribution >= 0.6 is 11.6 Å². The van der Waals surface area contributed by atoms with Gasteiger partial charge in [-0.2, -0.15) is 0 Å². The van der Waals surface area contributed by atoms with Crippen LogP contribution in [-0.2, 0) is 11.3 Å². The minimum atomic E-state index is -0.776. The van der Waals surface area contributed by atoms with E-state index in [1.165, 1.54) is 11.0 Å². The molecular formula is C20H18ClN3O4. The molecule has 3 heterocycles. The number of carbonyl (C=O) groups is 1. The Balaban J connectivity index is 1.45. The maximum Gasteiger partial charge on any atom is 0.246 e. The molecule has 0 aliphatic carbocycles. The molecule has 0 saturated carbocycles. The number of likely N-dealkylation sites (N-methyl/N-ethyl adjacent to an activating group) is 1. The van der Waals surface area contributed by atoms with Crippen molar-refractivity contribution in [3.05, 3.63) is 59.0 Å². The van der Waals surface area contributed by atoms with E-state index in [-0.39, 0.29) is 19.1 Å². The molecule has 0 radical (unpaired) electrons. The van der Waals surface area contributed by atoms with E-state index < -0.39 is 6.23 Å². The summed E-state index contributed by atoms with van der Waals surface area (Å²) in [5, 5.41) is 13.6. The van der Waals surface area contributed by atoms with Crippen molar-refractivity contribution in [1.82, 2.24) is 9.88 Å². The molecule has 1 unspecified atom stereocenters. The van der Waals surface area contributed by atoms with Crippen LogP contribution in [-0.4, -0.2) is 40.8 Å². The molecule has 4 rings (SSSR count). The molecule has 1 aliphatic heterocycles. The number of pyridine rings is 1. The van der Waals surface area contributed by atoms with Crippen LogP contribution in [0.1, 0.15) is 11.3 Å². The number of aliphatic hydroxyl groups is 1. The molecule has 1 aliphatic rings. The number of furan rings is 1. The molecule has 2 N–H and O–H groups in total. The Morgan fingerprint density at radius 1 is 1.46 bits per heavy atom. The molecule has 0 bridgehead atoms. The number of nitrogens with one attached hydrogen (secondary N) is 1. The maximum absolute atomic E-state index is 12.4. The van der Waals surface area contributed by atoms with Crippen molar-refractivity contribution in [1.29, 1.82) is 0 Å². The minimum Gasteiger partial charge on any atom is -0.485 e.